The van der Waals surface area contributed by atoms with E-state index in [-0.39, 0.29) is 0 Å². The summed E-state index contributed by atoms with van der Waals surface area (Å²) in [4.78, 5) is 1.16. The van der Waals surface area contributed by atoms with Crippen LogP contribution >= 0.6 is 11.3 Å². The van der Waals surface area contributed by atoms with Gasteiger partial charge in [0.2, 0.25) is 0 Å². The second-order valence-electron chi connectivity index (χ2n) is 4.96. The van der Waals surface area contributed by atoms with Gasteiger partial charge < -0.3 is 5.73 Å². The first-order valence-corrected chi connectivity index (χ1v) is 7.40. The van der Waals surface area contributed by atoms with E-state index < -0.39 is 0 Å². The van der Waals surface area contributed by atoms with Crippen LogP contribution in [0.1, 0.15) is 11.1 Å². The highest BCUT2D eigenvalue weighted by molar-refractivity contribution is 7.13. The molecule has 0 aliphatic heterocycles. The van der Waals surface area contributed by atoms with Crippen molar-refractivity contribution < 1.29 is 0 Å². The zero-order valence-corrected chi connectivity index (χ0v) is 12.7. The number of nitrogen functional groups attached to an aromatic ring is 1. The molecule has 2 aromatic heterocycles. The molecule has 0 unspecified atom stereocenters. The Kier molecular flexibility index (Phi) is 3.10. The smallest absolute Gasteiger partial charge is 0.130 e. The third kappa shape index (κ3) is 1.93. The molecule has 2 heterocycles. The second kappa shape index (κ2) is 4.80. The van der Waals surface area contributed by atoms with Gasteiger partial charge in [-0.1, -0.05) is 24.3 Å². The van der Waals surface area contributed by atoms with E-state index in [0.29, 0.717) is 5.82 Å². The number of aryl methyl sites for hydroxylation is 2. The molecule has 4 heteroatoms. The van der Waals surface area contributed by atoms with E-state index in [1.165, 1.54) is 11.1 Å². The summed E-state index contributed by atoms with van der Waals surface area (Å²) in [6.07, 6.45) is 0. The van der Waals surface area contributed by atoms with Crippen molar-refractivity contribution in [1.82, 2.24) is 9.78 Å². The van der Waals surface area contributed by atoms with Crippen LogP contribution in [-0.4, -0.2) is 9.78 Å². The summed E-state index contributed by atoms with van der Waals surface area (Å²) in [7, 11) is 1.89. The lowest BCUT2D eigenvalue weighted by atomic mass is 9.98. The number of anilines is 1. The molecule has 0 aliphatic carbocycles. The molecule has 0 amide bonds. The molecule has 0 bridgehead atoms. The highest BCUT2D eigenvalue weighted by Gasteiger charge is 2.19. The Morgan fingerprint density at radius 2 is 1.95 bits per heavy atom. The summed E-state index contributed by atoms with van der Waals surface area (Å²) in [6, 6.07) is 10.4. The van der Waals surface area contributed by atoms with Gasteiger partial charge in [0.25, 0.3) is 0 Å². The van der Waals surface area contributed by atoms with Crippen LogP contribution < -0.4 is 5.73 Å². The zero-order chi connectivity index (χ0) is 14.3. The SMILES string of the molecule is Cc1cccc(-c2nn(C)c(N)c2-c2cccs2)c1C. The first-order valence-electron chi connectivity index (χ1n) is 6.52. The third-order valence-corrected chi connectivity index (χ3v) is 4.61. The fourth-order valence-corrected chi connectivity index (χ4v) is 3.18. The molecule has 0 saturated carbocycles. The molecule has 0 atom stereocenters. The van der Waals surface area contributed by atoms with Crippen molar-refractivity contribution in [2.45, 2.75) is 13.8 Å². The van der Waals surface area contributed by atoms with E-state index in [0.717, 1.165) is 21.7 Å². The van der Waals surface area contributed by atoms with Gasteiger partial charge in [-0.05, 0) is 36.4 Å². The van der Waals surface area contributed by atoms with E-state index in [1.807, 2.05) is 13.1 Å². The molecular weight excluding hydrogens is 266 g/mol. The van der Waals surface area contributed by atoms with Gasteiger partial charge in [0.05, 0.1) is 5.56 Å². The number of aromatic nitrogens is 2. The van der Waals surface area contributed by atoms with Gasteiger partial charge in [0.1, 0.15) is 11.5 Å². The van der Waals surface area contributed by atoms with E-state index >= 15 is 0 Å². The maximum Gasteiger partial charge on any atom is 0.130 e. The van der Waals surface area contributed by atoms with Crippen LogP contribution in [0.5, 0.6) is 0 Å². The number of thiophene rings is 1. The maximum absolute atomic E-state index is 6.23. The first-order chi connectivity index (χ1) is 9.59. The third-order valence-electron chi connectivity index (χ3n) is 3.72. The normalized spacial score (nSPS) is 10.9. The highest BCUT2D eigenvalue weighted by atomic mass is 32.1. The molecule has 0 spiro atoms. The molecular formula is C16H17N3S. The van der Waals surface area contributed by atoms with Gasteiger partial charge in [-0.15, -0.1) is 11.3 Å². The number of nitrogens with zero attached hydrogens (tertiary/aromatic N) is 2. The molecule has 0 saturated heterocycles. The van der Waals surface area contributed by atoms with Crippen molar-refractivity contribution in [2.24, 2.45) is 7.05 Å². The van der Waals surface area contributed by atoms with Crippen molar-refractivity contribution in [3.8, 4) is 21.7 Å². The fraction of sp³-hybridized carbons (Fsp3) is 0.188. The van der Waals surface area contributed by atoms with Crippen LogP contribution in [-0.2, 0) is 7.05 Å². The summed E-state index contributed by atoms with van der Waals surface area (Å²) in [5.41, 5.74) is 11.9. The number of rotatable bonds is 2. The summed E-state index contributed by atoms with van der Waals surface area (Å²) in [6.45, 7) is 4.25. The van der Waals surface area contributed by atoms with E-state index in [4.69, 9.17) is 5.73 Å². The molecule has 3 rings (SSSR count). The fourth-order valence-electron chi connectivity index (χ4n) is 2.40. The van der Waals surface area contributed by atoms with Gasteiger partial charge in [0, 0.05) is 17.5 Å². The predicted molar refractivity (Wildman–Crippen MR) is 85.8 cm³/mol. The lowest BCUT2D eigenvalue weighted by Gasteiger charge is -2.08. The lowest BCUT2D eigenvalue weighted by molar-refractivity contribution is 0.782. The van der Waals surface area contributed by atoms with Gasteiger partial charge >= 0.3 is 0 Å². The predicted octanol–water partition coefficient (Wildman–Crippen LogP) is 4.01. The minimum Gasteiger partial charge on any atom is -0.383 e. The van der Waals surface area contributed by atoms with E-state index in [1.54, 1.807) is 16.0 Å². The zero-order valence-electron chi connectivity index (χ0n) is 11.8. The average Bonchev–Trinajstić information content (AvgIpc) is 3.03. The number of hydrogen-bond donors (Lipinski definition) is 1. The molecule has 3 nitrogen and oxygen atoms in total. The standard InChI is InChI=1S/C16H17N3S/c1-10-6-4-7-12(11(10)2)15-14(13-8-5-9-20-13)16(17)19(3)18-15/h4-9H,17H2,1-3H3. The Balaban J connectivity index is 2.30. The van der Waals surface area contributed by atoms with Crippen LogP contribution in [0.2, 0.25) is 0 Å². The Morgan fingerprint density at radius 1 is 1.15 bits per heavy atom. The van der Waals surface area contributed by atoms with Crippen molar-refractivity contribution >= 4 is 17.2 Å². The van der Waals surface area contributed by atoms with Crippen molar-refractivity contribution in [3.63, 3.8) is 0 Å². The quantitative estimate of drug-likeness (QED) is 0.772. The van der Waals surface area contributed by atoms with Crippen LogP contribution in [0.4, 0.5) is 5.82 Å². The van der Waals surface area contributed by atoms with Gasteiger partial charge in [-0.3, -0.25) is 4.68 Å². The monoisotopic (exact) mass is 283 g/mol. The summed E-state index contributed by atoms with van der Waals surface area (Å²) in [5, 5.41) is 6.70. The molecule has 20 heavy (non-hydrogen) atoms. The largest absolute Gasteiger partial charge is 0.383 e. The molecule has 102 valence electrons. The Bertz CT molecular complexity index is 754. The van der Waals surface area contributed by atoms with Crippen LogP contribution in [0, 0.1) is 13.8 Å². The highest BCUT2D eigenvalue weighted by Crippen LogP contribution is 2.39. The van der Waals surface area contributed by atoms with Crippen LogP contribution in [0.3, 0.4) is 0 Å². The number of hydrogen-bond acceptors (Lipinski definition) is 3. The first kappa shape index (κ1) is 12.9. The number of nitrogens with two attached hydrogens (primary N) is 1. The average molecular weight is 283 g/mol. The van der Waals surface area contributed by atoms with Crippen molar-refractivity contribution in [2.75, 3.05) is 5.73 Å². The summed E-state index contributed by atoms with van der Waals surface area (Å²) < 4.78 is 1.76. The van der Waals surface area contributed by atoms with Gasteiger partial charge in [-0.25, -0.2) is 0 Å². The summed E-state index contributed by atoms with van der Waals surface area (Å²) >= 11 is 1.69. The van der Waals surface area contributed by atoms with Crippen LogP contribution in [0.15, 0.2) is 35.7 Å². The van der Waals surface area contributed by atoms with Crippen LogP contribution in [0.25, 0.3) is 21.7 Å². The Labute approximate surface area is 122 Å². The number of benzene rings is 1. The minimum atomic E-state index is 0.711. The lowest BCUT2D eigenvalue weighted by Crippen LogP contribution is -1.97. The molecule has 3 aromatic rings. The van der Waals surface area contributed by atoms with Gasteiger partial charge in [-0.2, -0.15) is 5.10 Å². The molecule has 0 fully saturated rings. The molecule has 0 radical (unpaired) electrons. The molecule has 0 aliphatic rings. The minimum absolute atomic E-state index is 0.711. The maximum atomic E-state index is 6.23. The van der Waals surface area contributed by atoms with E-state index in [9.17, 15) is 0 Å². The van der Waals surface area contributed by atoms with Crippen molar-refractivity contribution in [3.05, 3.63) is 46.8 Å². The van der Waals surface area contributed by atoms with Crippen molar-refractivity contribution in [1.29, 1.82) is 0 Å². The van der Waals surface area contributed by atoms with Gasteiger partial charge in [0.15, 0.2) is 0 Å². The Morgan fingerprint density at radius 3 is 2.65 bits per heavy atom. The van der Waals surface area contributed by atoms with E-state index in [2.05, 4.69) is 48.6 Å². The second-order valence-corrected chi connectivity index (χ2v) is 5.90. The Hall–Kier alpha value is -2.07. The topological polar surface area (TPSA) is 43.8 Å². The molecule has 1 aromatic carbocycles. The molecule has 2 N–H and O–H groups in total. The summed E-state index contributed by atoms with van der Waals surface area (Å²) in [5.74, 6) is 0.711.